The summed E-state index contributed by atoms with van der Waals surface area (Å²) in [6.07, 6.45) is 7.71. The maximum absolute atomic E-state index is 13.2. The van der Waals surface area contributed by atoms with Crippen molar-refractivity contribution in [2.45, 2.75) is 37.8 Å². The van der Waals surface area contributed by atoms with Crippen LogP contribution in [0, 0.1) is 5.82 Å². The zero-order chi connectivity index (χ0) is 20.2. The number of hydrogen-bond donors (Lipinski definition) is 0. The van der Waals surface area contributed by atoms with E-state index in [0.717, 1.165) is 30.8 Å². The normalized spacial score (nSPS) is 23.3. The Bertz CT molecular complexity index is 816. The number of likely N-dealkylation sites (tertiary alicyclic amines) is 1. The van der Waals surface area contributed by atoms with Crippen LogP contribution in [0.4, 0.5) is 4.39 Å². The minimum atomic E-state index is -0.289. The van der Waals surface area contributed by atoms with Gasteiger partial charge in [0.15, 0.2) is 0 Å². The predicted octanol–water partition coefficient (Wildman–Crippen LogP) is 2.56. The van der Waals surface area contributed by atoms with E-state index in [1.54, 1.807) is 16.8 Å². The average Bonchev–Trinajstić information content (AvgIpc) is 3.16. The lowest BCUT2D eigenvalue weighted by Gasteiger charge is -2.43. The molecule has 2 aliphatic heterocycles. The number of rotatable bonds is 5. The van der Waals surface area contributed by atoms with Crippen LogP contribution in [0.25, 0.3) is 0 Å². The number of halogens is 1. The maximum Gasteiger partial charge on any atom is 0.227 e. The summed E-state index contributed by atoms with van der Waals surface area (Å²) in [5.41, 5.74) is 1.82. The van der Waals surface area contributed by atoms with Crippen LogP contribution in [-0.2, 0) is 23.0 Å². The van der Waals surface area contributed by atoms with Crippen molar-refractivity contribution in [3.05, 3.63) is 53.6 Å². The van der Waals surface area contributed by atoms with Crippen molar-refractivity contribution in [3.8, 4) is 0 Å². The molecule has 0 aliphatic carbocycles. The summed E-state index contributed by atoms with van der Waals surface area (Å²) in [7, 11) is 1.89. The standard InChI is InChI=1S/C22H29FN4O2/c1-25-15-18(14-24-25)22-20(16-26-9-3-2-4-10-26)29-12-11-27(22)21(28)13-17-5-7-19(23)8-6-17/h5-8,14-15,20,22H,2-4,9-13,16H2,1H3/t20-,22-/m0/s1. The van der Waals surface area contributed by atoms with Gasteiger partial charge in [0.2, 0.25) is 5.91 Å². The van der Waals surface area contributed by atoms with Crippen LogP contribution >= 0.6 is 0 Å². The molecule has 1 aromatic carbocycles. The topological polar surface area (TPSA) is 50.6 Å². The average molecular weight is 400 g/mol. The largest absolute Gasteiger partial charge is 0.373 e. The molecular weight excluding hydrogens is 371 g/mol. The van der Waals surface area contributed by atoms with Gasteiger partial charge in [0, 0.05) is 31.9 Å². The molecule has 156 valence electrons. The van der Waals surface area contributed by atoms with Gasteiger partial charge < -0.3 is 14.5 Å². The van der Waals surface area contributed by atoms with Crippen LogP contribution in [0.2, 0.25) is 0 Å². The summed E-state index contributed by atoms with van der Waals surface area (Å²) in [6, 6.07) is 6.00. The van der Waals surface area contributed by atoms with Gasteiger partial charge in [-0.1, -0.05) is 18.6 Å². The lowest BCUT2D eigenvalue weighted by molar-refractivity contribution is -0.148. The molecule has 1 aromatic heterocycles. The van der Waals surface area contributed by atoms with E-state index in [9.17, 15) is 9.18 Å². The second kappa shape index (κ2) is 9.05. The Morgan fingerprint density at radius 2 is 1.93 bits per heavy atom. The van der Waals surface area contributed by atoms with Crippen molar-refractivity contribution < 1.29 is 13.9 Å². The van der Waals surface area contributed by atoms with E-state index >= 15 is 0 Å². The Balaban J connectivity index is 1.54. The minimum absolute atomic E-state index is 0.0393. The minimum Gasteiger partial charge on any atom is -0.373 e. The number of benzene rings is 1. The van der Waals surface area contributed by atoms with Crippen molar-refractivity contribution in [2.75, 3.05) is 32.8 Å². The number of nitrogens with zero attached hydrogens (tertiary/aromatic N) is 4. The van der Waals surface area contributed by atoms with E-state index in [1.165, 1.54) is 31.4 Å². The first kappa shape index (κ1) is 20.0. The Hall–Kier alpha value is -2.25. The summed E-state index contributed by atoms with van der Waals surface area (Å²) >= 11 is 0. The molecule has 0 unspecified atom stereocenters. The predicted molar refractivity (Wildman–Crippen MR) is 108 cm³/mol. The summed E-state index contributed by atoms with van der Waals surface area (Å²) < 4.78 is 21.2. The molecule has 0 saturated carbocycles. The molecule has 29 heavy (non-hydrogen) atoms. The first-order valence-corrected chi connectivity index (χ1v) is 10.5. The lowest BCUT2D eigenvalue weighted by Crippen LogP contribution is -2.52. The van der Waals surface area contributed by atoms with Gasteiger partial charge >= 0.3 is 0 Å². The smallest absolute Gasteiger partial charge is 0.227 e. The van der Waals surface area contributed by atoms with E-state index < -0.39 is 0 Å². The summed E-state index contributed by atoms with van der Waals surface area (Å²) in [5.74, 6) is -0.250. The van der Waals surface area contributed by atoms with Crippen molar-refractivity contribution in [1.82, 2.24) is 19.6 Å². The van der Waals surface area contributed by atoms with Gasteiger partial charge in [-0.25, -0.2) is 4.39 Å². The van der Waals surface area contributed by atoms with Crippen LogP contribution in [0.5, 0.6) is 0 Å². The van der Waals surface area contributed by atoms with Crippen LogP contribution in [-0.4, -0.2) is 64.4 Å². The number of aryl methyl sites for hydroxylation is 1. The van der Waals surface area contributed by atoms with Crippen molar-refractivity contribution in [1.29, 1.82) is 0 Å². The highest BCUT2D eigenvalue weighted by Gasteiger charge is 2.38. The molecule has 1 amide bonds. The highest BCUT2D eigenvalue weighted by molar-refractivity contribution is 5.79. The van der Waals surface area contributed by atoms with Crippen molar-refractivity contribution >= 4 is 5.91 Å². The fourth-order valence-corrected chi connectivity index (χ4v) is 4.43. The number of aromatic nitrogens is 2. The fourth-order valence-electron chi connectivity index (χ4n) is 4.43. The number of piperidine rings is 1. The van der Waals surface area contributed by atoms with Crippen LogP contribution < -0.4 is 0 Å². The molecule has 2 aliphatic rings. The van der Waals surface area contributed by atoms with Gasteiger partial charge in [0.25, 0.3) is 0 Å². The van der Waals surface area contributed by atoms with E-state index in [0.29, 0.717) is 13.2 Å². The molecule has 6 nitrogen and oxygen atoms in total. The Kier molecular flexibility index (Phi) is 6.25. The molecule has 2 saturated heterocycles. The highest BCUT2D eigenvalue weighted by Crippen LogP contribution is 2.31. The molecule has 2 atom stereocenters. The SMILES string of the molecule is Cn1cc([C@H]2[C@H](CN3CCCCC3)OCCN2C(=O)Cc2ccc(F)cc2)cn1. The second-order valence-corrected chi connectivity index (χ2v) is 8.05. The third-order valence-corrected chi connectivity index (χ3v) is 5.89. The van der Waals surface area contributed by atoms with E-state index in [2.05, 4.69) is 10.00 Å². The first-order chi connectivity index (χ1) is 14.1. The summed E-state index contributed by atoms with van der Waals surface area (Å²) in [6.45, 7) is 4.08. The number of carbonyl (C=O) groups excluding carboxylic acids is 1. The molecule has 4 rings (SSSR count). The van der Waals surface area contributed by atoms with Gasteiger partial charge in [0.05, 0.1) is 31.4 Å². The molecule has 2 fully saturated rings. The third kappa shape index (κ3) is 4.85. The molecule has 2 aromatic rings. The van der Waals surface area contributed by atoms with Crippen LogP contribution in [0.1, 0.15) is 36.4 Å². The quantitative estimate of drug-likeness (QED) is 0.774. The highest BCUT2D eigenvalue weighted by atomic mass is 19.1. The zero-order valence-corrected chi connectivity index (χ0v) is 17.0. The molecular formula is C22H29FN4O2. The Morgan fingerprint density at radius 3 is 2.62 bits per heavy atom. The first-order valence-electron chi connectivity index (χ1n) is 10.5. The number of ether oxygens (including phenoxy) is 1. The maximum atomic E-state index is 13.2. The molecule has 0 spiro atoms. The van der Waals surface area contributed by atoms with E-state index in [4.69, 9.17) is 4.74 Å². The van der Waals surface area contributed by atoms with Gasteiger partial charge in [-0.05, 0) is 43.6 Å². The van der Waals surface area contributed by atoms with E-state index in [1.807, 2.05) is 24.3 Å². The molecule has 0 radical (unpaired) electrons. The summed E-state index contributed by atoms with van der Waals surface area (Å²) in [4.78, 5) is 17.6. The zero-order valence-electron chi connectivity index (χ0n) is 17.0. The van der Waals surface area contributed by atoms with Gasteiger partial charge in [-0.3, -0.25) is 9.48 Å². The van der Waals surface area contributed by atoms with Gasteiger partial charge in [0.1, 0.15) is 5.82 Å². The third-order valence-electron chi connectivity index (χ3n) is 5.89. The fraction of sp³-hybridized carbons (Fsp3) is 0.545. The number of carbonyl (C=O) groups is 1. The molecule has 3 heterocycles. The van der Waals surface area contributed by atoms with E-state index in [-0.39, 0.29) is 30.3 Å². The molecule has 7 heteroatoms. The lowest BCUT2D eigenvalue weighted by atomic mass is 9.98. The number of amides is 1. The van der Waals surface area contributed by atoms with Crippen LogP contribution in [0.15, 0.2) is 36.7 Å². The number of morpholine rings is 1. The van der Waals surface area contributed by atoms with Crippen LogP contribution in [0.3, 0.4) is 0 Å². The van der Waals surface area contributed by atoms with Crippen molar-refractivity contribution in [2.24, 2.45) is 7.05 Å². The van der Waals surface area contributed by atoms with Crippen molar-refractivity contribution in [3.63, 3.8) is 0 Å². The molecule has 0 bridgehead atoms. The number of hydrogen-bond acceptors (Lipinski definition) is 4. The van der Waals surface area contributed by atoms with Gasteiger partial charge in [-0.2, -0.15) is 5.10 Å². The second-order valence-electron chi connectivity index (χ2n) is 8.05. The Morgan fingerprint density at radius 1 is 1.17 bits per heavy atom. The summed E-state index contributed by atoms with van der Waals surface area (Å²) in [5, 5.41) is 4.33. The Labute approximate surface area is 171 Å². The van der Waals surface area contributed by atoms with Gasteiger partial charge in [-0.15, -0.1) is 0 Å². The molecule has 0 N–H and O–H groups in total. The monoisotopic (exact) mass is 400 g/mol.